The lowest BCUT2D eigenvalue weighted by atomic mass is 10.2. The van der Waals surface area contributed by atoms with Crippen LogP contribution in [0.1, 0.15) is 20.1 Å². The number of aliphatic hydroxyl groups is 1. The molecule has 0 spiro atoms. The Bertz CT molecular complexity index is 534. The molecule has 4 heteroatoms. The molecular weight excluding hydrogens is 234 g/mol. The maximum atomic E-state index is 11.9. The summed E-state index contributed by atoms with van der Waals surface area (Å²) in [6, 6.07) is 10.9. The van der Waals surface area contributed by atoms with Crippen LogP contribution in [0.4, 0.5) is 5.69 Å². The zero-order valence-electron chi connectivity index (χ0n) is 9.43. The number of thiophene rings is 1. The van der Waals surface area contributed by atoms with Crippen LogP contribution in [0, 0.1) is 6.92 Å². The molecule has 0 saturated heterocycles. The average molecular weight is 247 g/mol. The van der Waals surface area contributed by atoms with E-state index in [1.165, 1.54) is 11.3 Å². The topological polar surface area (TPSA) is 49.3 Å². The van der Waals surface area contributed by atoms with Crippen LogP contribution < -0.4 is 5.32 Å². The highest BCUT2D eigenvalue weighted by molar-refractivity contribution is 7.14. The van der Waals surface area contributed by atoms with Crippen molar-refractivity contribution in [1.82, 2.24) is 0 Å². The molecule has 0 aliphatic carbocycles. The van der Waals surface area contributed by atoms with Crippen molar-refractivity contribution in [3.8, 4) is 0 Å². The third-order valence-corrected chi connectivity index (χ3v) is 3.33. The lowest BCUT2D eigenvalue weighted by molar-refractivity contribution is 0.103. The Balaban J connectivity index is 2.12. The minimum absolute atomic E-state index is 0.0260. The van der Waals surface area contributed by atoms with Crippen molar-refractivity contribution in [2.75, 3.05) is 5.32 Å². The molecule has 2 N–H and O–H groups in total. The molecule has 0 atom stereocenters. The first-order valence-electron chi connectivity index (χ1n) is 5.26. The van der Waals surface area contributed by atoms with Crippen LogP contribution in [0.2, 0.25) is 0 Å². The number of aliphatic hydroxyl groups excluding tert-OH is 1. The van der Waals surface area contributed by atoms with Crippen LogP contribution in [0.15, 0.2) is 36.4 Å². The van der Waals surface area contributed by atoms with Crippen LogP contribution in [-0.2, 0) is 6.61 Å². The van der Waals surface area contributed by atoms with E-state index in [0.717, 1.165) is 10.4 Å². The standard InChI is InChI=1S/C13H13NO2S/c1-9-5-6-12(17-9)13(16)14-11-4-2-3-10(7-11)8-15/h2-7,15H,8H2,1H3,(H,14,16). The Kier molecular flexibility index (Phi) is 3.56. The predicted molar refractivity (Wildman–Crippen MR) is 69.4 cm³/mol. The number of anilines is 1. The predicted octanol–water partition coefficient (Wildman–Crippen LogP) is 2.80. The van der Waals surface area contributed by atoms with E-state index in [9.17, 15) is 4.79 Å². The molecule has 88 valence electrons. The van der Waals surface area contributed by atoms with Gasteiger partial charge in [-0.1, -0.05) is 12.1 Å². The highest BCUT2D eigenvalue weighted by atomic mass is 32.1. The number of benzene rings is 1. The molecule has 0 fully saturated rings. The van der Waals surface area contributed by atoms with E-state index in [2.05, 4.69) is 5.32 Å². The number of nitrogens with one attached hydrogen (secondary N) is 1. The van der Waals surface area contributed by atoms with Crippen molar-refractivity contribution >= 4 is 22.9 Å². The fraction of sp³-hybridized carbons (Fsp3) is 0.154. The van der Waals surface area contributed by atoms with Gasteiger partial charge in [-0.3, -0.25) is 4.79 Å². The van der Waals surface area contributed by atoms with E-state index >= 15 is 0 Å². The summed E-state index contributed by atoms with van der Waals surface area (Å²) in [5.74, 6) is -0.113. The third-order valence-electron chi connectivity index (χ3n) is 2.33. The zero-order valence-corrected chi connectivity index (χ0v) is 10.3. The highest BCUT2D eigenvalue weighted by Crippen LogP contribution is 2.17. The Morgan fingerprint density at radius 2 is 2.18 bits per heavy atom. The Hall–Kier alpha value is -1.65. The molecule has 2 aromatic rings. The van der Waals surface area contributed by atoms with Gasteiger partial charge in [-0.25, -0.2) is 0 Å². The molecule has 0 aliphatic rings. The van der Waals surface area contributed by atoms with Crippen LogP contribution in [0.3, 0.4) is 0 Å². The van der Waals surface area contributed by atoms with E-state index in [1.807, 2.05) is 25.1 Å². The van der Waals surface area contributed by atoms with Gasteiger partial charge in [0.2, 0.25) is 0 Å². The van der Waals surface area contributed by atoms with Crippen molar-refractivity contribution in [2.45, 2.75) is 13.5 Å². The molecule has 1 amide bonds. The summed E-state index contributed by atoms with van der Waals surface area (Å²) in [6.07, 6.45) is 0. The number of hydrogen-bond donors (Lipinski definition) is 2. The molecule has 1 aromatic carbocycles. The molecule has 0 bridgehead atoms. The maximum Gasteiger partial charge on any atom is 0.265 e. The van der Waals surface area contributed by atoms with E-state index in [1.54, 1.807) is 18.2 Å². The SMILES string of the molecule is Cc1ccc(C(=O)Nc2cccc(CO)c2)s1. The summed E-state index contributed by atoms with van der Waals surface area (Å²) in [7, 11) is 0. The molecule has 1 aromatic heterocycles. The largest absolute Gasteiger partial charge is 0.392 e. The van der Waals surface area contributed by atoms with Crippen molar-refractivity contribution < 1.29 is 9.90 Å². The van der Waals surface area contributed by atoms with Gasteiger partial charge >= 0.3 is 0 Å². The van der Waals surface area contributed by atoms with Gasteiger partial charge in [0.1, 0.15) is 0 Å². The molecule has 0 unspecified atom stereocenters. The minimum atomic E-state index is -0.113. The molecule has 2 rings (SSSR count). The Morgan fingerprint density at radius 1 is 1.35 bits per heavy atom. The minimum Gasteiger partial charge on any atom is -0.392 e. The molecule has 3 nitrogen and oxygen atoms in total. The van der Waals surface area contributed by atoms with Gasteiger partial charge < -0.3 is 10.4 Å². The second kappa shape index (κ2) is 5.12. The van der Waals surface area contributed by atoms with Gasteiger partial charge in [-0.2, -0.15) is 0 Å². The van der Waals surface area contributed by atoms with Gasteiger partial charge in [-0.15, -0.1) is 11.3 Å². The van der Waals surface area contributed by atoms with Crippen LogP contribution in [-0.4, -0.2) is 11.0 Å². The summed E-state index contributed by atoms with van der Waals surface area (Å²) in [5, 5.41) is 11.8. The normalized spacial score (nSPS) is 10.2. The van der Waals surface area contributed by atoms with E-state index < -0.39 is 0 Å². The number of carbonyl (C=O) groups is 1. The zero-order chi connectivity index (χ0) is 12.3. The maximum absolute atomic E-state index is 11.9. The second-order valence-corrected chi connectivity index (χ2v) is 5.01. The summed E-state index contributed by atoms with van der Waals surface area (Å²) in [6.45, 7) is 1.94. The molecule has 0 radical (unpaired) electrons. The van der Waals surface area contributed by atoms with Crippen molar-refractivity contribution in [2.24, 2.45) is 0 Å². The molecule has 1 heterocycles. The molecule has 0 aliphatic heterocycles. The van der Waals surface area contributed by atoms with E-state index in [4.69, 9.17) is 5.11 Å². The first-order valence-corrected chi connectivity index (χ1v) is 6.08. The van der Waals surface area contributed by atoms with Gasteiger partial charge in [0.05, 0.1) is 11.5 Å². The second-order valence-electron chi connectivity index (χ2n) is 3.72. The van der Waals surface area contributed by atoms with Gasteiger partial charge in [0.25, 0.3) is 5.91 Å². The highest BCUT2D eigenvalue weighted by Gasteiger charge is 2.08. The quantitative estimate of drug-likeness (QED) is 0.876. The third kappa shape index (κ3) is 2.93. The number of aryl methyl sites for hydroxylation is 1. The van der Waals surface area contributed by atoms with Crippen molar-refractivity contribution in [3.05, 3.63) is 51.7 Å². The lowest BCUT2D eigenvalue weighted by Crippen LogP contribution is -2.10. The summed E-state index contributed by atoms with van der Waals surface area (Å²) in [5.41, 5.74) is 1.48. The number of carbonyl (C=O) groups excluding carboxylic acids is 1. The average Bonchev–Trinajstić information content (AvgIpc) is 2.76. The van der Waals surface area contributed by atoms with Gasteiger partial charge in [-0.05, 0) is 36.8 Å². The first-order chi connectivity index (χ1) is 8.19. The van der Waals surface area contributed by atoms with Crippen LogP contribution in [0.5, 0.6) is 0 Å². The van der Waals surface area contributed by atoms with Gasteiger partial charge in [0, 0.05) is 10.6 Å². The number of amides is 1. The van der Waals surface area contributed by atoms with Crippen molar-refractivity contribution in [1.29, 1.82) is 0 Å². The first kappa shape index (κ1) is 11.8. The van der Waals surface area contributed by atoms with Gasteiger partial charge in [0.15, 0.2) is 0 Å². The lowest BCUT2D eigenvalue weighted by Gasteiger charge is -2.04. The summed E-state index contributed by atoms with van der Waals surface area (Å²) in [4.78, 5) is 13.7. The Morgan fingerprint density at radius 3 is 2.82 bits per heavy atom. The van der Waals surface area contributed by atoms with Crippen LogP contribution >= 0.6 is 11.3 Å². The van der Waals surface area contributed by atoms with Crippen LogP contribution in [0.25, 0.3) is 0 Å². The Labute approximate surface area is 104 Å². The fourth-order valence-electron chi connectivity index (χ4n) is 1.50. The number of hydrogen-bond acceptors (Lipinski definition) is 3. The monoisotopic (exact) mass is 247 g/mol. The molecular formula is C13H13NO2S. The van der Waals surface area contributed by atoms with E-state index in [-0.39, 0.29) is 12.5 Å². The summed E-state index contributed by atoms with van der Waals surface area (Å²) >= 11 is 1.46. The fourth-order valence-corrected chi connectivity index (χ4v) is 2.26. The van der Waals surface area contributed by atoms with E-state index in [0.29, 0.717) is 10.6 Å². The summed E-state index contributed by atoms with van der Waals surface area (Å²) < 4.78 is 0. The number of rotatable bonds is 3. The smallest absolute Gasteiger partial charge is 0.265 e. The molecule has 17 heavy (non-hydrogen) atoms. The molecule has 0 saturated carbocycles. The van der Waals surface area contributed by atoms with Crippen molar-refractivity contribution in [3.63, 3.8) is 0 Å².